The van der Waals surface area contributed by atoms with Crippen LogP contribution < -0.4 is 10.2 Å². The number of carbonyl (C=O) groups is 1. The van der Waals surface area contributed by atoms with Gasteiger partial charge in [-0.05, 0) is 85.9 Å². The first-order valence-electron chi connectivity index (χ1n) is 10.2. The van der Waals surface area contributed by atoms with Gasteiger partial charge in [0.1, 0.15) is 12.4 Å². The fourth-order valence-corrected chi connectivity index (χ4v) is 6.58. The monoisotopic (exact) mass is 586 g/mol. The van der Waals surface area contributed by atoms with E-state index in [9.17, 15) is 4.79 Å². The van der Waals surface area contributed by atoms with Crippen molar-refractivity contribution in [3.63, 3.8) is 0 Å². The van der Waals surface area contributed by atoms with E-state index in [1.54, 1.807) is 18.3 Å². The van der Waals surface area contributed by atoms with Gasteiger partial charge in [-0.1, -0.05) is 49.0 Å². The number of hydrogen-bond acceptors (Lipinski definition) is 3. The normalized spacial score (nSPS) is 24.7. The summed E-state index contributed by atoms with van der Waals surface area (Å²) in [4.78, 5) is 12.5. The Morgan fingerprint density at radius 2 is 2.00 bits per heavy atom. The number of benzene rings is 2. The van der Waals surface area contributed by atoms with E-state index < -0.39 is 0 Å². The van der Waals surface area contributed by atoms with Crippen LogP contribution in [-0.4, -0.2) is 12.1 Å². The van der Waals surface area contributed by atoms with Crippen LogP contribution in [0.25, 0.3) is 0 Å². The molecular weight excluding hydrogens is 567 g/mol. The molecule has 2 aliphatic carbocycles. The summed E-state index contributed by atoms with van der Waals surface area (Å²) >= 11 is 19.3. The molecule has 0 aromatic heterocycles. The van der Waals surface area contributed by atoms with Crippen LogP contribution in [0.4, 0.5) is 0 Å². The second-order valence-electron chi connectivity index (χ2n) is 8.41. The van der Waals surface area contributed by atoms with Gasteiger partial charge >= 0.3 is 0 Å². The van der Waals surface area contributed by atoms with Crippen LogP contribution in [-0.2, 0) is 11.4 Å². The molecule has 164 valence electrons. The lowest BCUT2D eigenvalue weighted by Gasteiger charge is -2.15. The summed E-state index contributed by atoms with van der Waals surface area (Å²) in [6.45, 7) is 2.53. The highest BCUT2D eigenvalue weighted by Crippen LogP contribution is 2.66. The number of nitrogens with one attached hydrogen (secondary N) is 1. The lowest BCUT2D eigenvalue weighted by molar-refractivity contribution is -0.123. The lowest BCUT2D eigenvalue weighted by atomic mass is 9.90. The molecule has 31 heavy (non-hydrogen) atoms. The van der Waals surface area contributed by atoms with E-state index in [0.29, 0.717) is 28.3 Å². The number of nitrogens with zero attached hydrogens (tertiary/aromatic N) is 1. The molecule has 0 spiro atoms. The van der Waals surface area contributed by atoms with Gasteiger partial charge in [-0.2, -0.15) is 5.10 Å². The van der Waals surface area contributed by atoms with Crippen molar-refractivity contribution in [2.45, 2.75) is 39.2 Å². The molecule has 2 aromatic carbocycles. The third kappa shape index (κ3) is 4.97. The highest BCUT2D eigenvalue weighted by Gasteiger charge is 2.64. The summed E-state index contributed by atoms with van der Waals surface area (Å²) in [6, 6.07) is 9.08. The SMILES string of the molecule is C[C@]12CCCC[C@@H]1[C@H]2C(=O)N/N=C\c1cc(Br)c(OCc2ccc(Cl)cc2Cl)c(Br)c1. The van der Waals surface area contributed by atoms with Crippen LogP contribution in [0.3, 0.4) is 0 Å². The Hall–Kier alpha value is -1.08. The van der Waals surface area contributed by atoms with Gasteiger partial charge in [0.05, 0.1) is 15.2 Å². The van der Waals surface area contributed by atoms with Crippen molar-refractivity contribution < 1.29 is 9.53 Å². The van der Waals surface area contributed by atoms with E-state index in [1.165, 1.54) is 12.8 Å². The number of carbonyl (C=O) groups excluding carboxylic acids is 1. The summed E-state index contributed by atoms with van der Waals surface area (Å²) < 4.78 is 7.47. The maximum absolute atomic E-state index is 12.5. The Morgan fingerprint density at radius 3 is 2.65 bits per heavy atom. The summed E-state index contributed by atoms with van der Waals surface area (Å²) in [6.07, 6.45) is 6.39. The fraction of sp³-hybridized carbons (Fsp3) is 0.391. The highest BCUT2D eigenvalue weighted by molar-refractivity contribution is 9.11. The summed E-state index contributed by atoms with van der Waals surface area (Å²) in [5, 5.41) is 5.32. The molecule has 3 atom stereocenters. The Bertz CT molecular complexity index is 1020. The minimum absolute atomic E-state index is 0.0311. The van der Waals surface area contributed by atoms with Gasteiger partial charge in [0.2, 0.25) is 5.91 Å². The predicted octanol–water partition coefficient (Wildman–Crippen LogP) is 7.37. The van der Waals surface area contributed by atoms with Crippen LogP contribution in [0.1, 0.15) is 43.7 Å². The van der Waals surface area contributed by atoms with Crippen molar-refractivity contribution >= 4 is 67.2 Å². The smallest absolute Gasteiger partial charge is 0.244 e. The molecule has 8 heteroatoms. The molecule has 2 aliphatic rings. The molecule has 0 heterocycles. The molecule has 1 N–H and O–H groups in total. The molecule has 2 fully saturated rings. The predicted molar refractivity (Wildman–Crippen MR) is 132 cm³/mol. The number of amides is 1. The van der Waals surface area contributed by atoms with Gasteiger partial charge in [0.15, 0.2) is 0 Å². The van der Waals surface area contributed by atoms with Crippen LogP contribution >= 0.6 is 55.1 Å². The number of halogens is 4. The second-order valence-corrected chi connectivity index (χ2v) is 11.0. The second kappa shape index (κ2) is 9.42. The van der Waals surface area contributed by atoms with Gasteiger partial charge in [0, 0.05) is 21.5 Å². The highest BCUT2D eigenvalue weighted by atomic mass is 79.9. The molecule has 2 saturated carbocycles. The summed E-state index contributed by atoms with van der Waals surface area (Å²) in [5.41, 5.74) is 4.57. The minimum atomic E-state index is 0.0311. The maximum Gasteiger partial charge on any atom is 0.244 e. The Morgan fingerprint density at radius 1 is 1.26 bits per heavy atom. The van der Waals surface area contributed by atoms with Crippen LogP contribution in [0.2, 0.25) is 10.0 Å². The van der Waals surface area contributed by atoms with Crippen LogP contribution in [0.5, 0.6) is 5.75 Å². The maximum atomic E-state index is 12.5. The van der Waals surface area contributed by atoms with Gasteiger partial charge in [-0.15, -0.1) is 0 Å². The Balaban J connectivity index is 1.37. The summed E-state index contributed by atoms with van der Waals surface area (Å²) in [5.74, 6) is 1.30. The Labute approximate surface area is 209 Å². The van der Waals surface area contributed by atoms with Crippen molar-refractivity contribution in [3.05, 3.63) is 60.4 Å². The lowest BCUT2D eigenvalue weighted by Crippen LogP contribution is -2.22. The van der Waals surface area contributed by atoms with E-state index in [0.717, 1.165) is 32.9 Å². The molecular formula is C23H22Br2Cl2N2O2. The quantitative estimate of drug-likeness (QED) is 0.283. The first kappa shape index (κ1) is 23.1. The molecule has 2 aromatic rings. The van der Waals surface area contributed by atoms with E-state index in [4.69, 9.17) is 27.9 Å². The van der Waals surface area contributed by atoms with Crippen molar-refractivity contribution in [2.75, 3.05) is 0 Å². The van der Waals surface area contributed by atoms with Gasteiger partial charge in [-0.3, -0.25) is 4.79 Å². The van der Waals surface area contributed by atoms with Crippen molar-refractivity contribution in [1.29, 1.82) is 0 Å². The number of fused-ring (bicyclic) bond motifs is 1. The molecule has 0 aliphatic heterocycles. The first-order valence-corrected chi connectivity index (χ1v) is 12.5. The van der Waals surface area contributed by atoms with E-state index in [1.807, 2.05) is 18.2 Å². The van der Waals surface area contributed by atoms with Crippen LogP contribution in [0, 0.1) is 17.3 Å². The Kier molecular flexibility index (Phi) is 7.02. The van der Waals surface area contributed by atoms with Crippen molar-refractivity contribution in [2.24, 2.45) is 22.4 Å². The summed E-state index contributed by atoms with van der Waals surface area (Å²) in [7, 11) is 0. The van der Waals surface area contributed by atoms with E-state index in [2.05, 4.69) is 49.3 Å². The van der Waals surface area contributed by atoms with E-state index >= 15 is 0 Å². The number of rotatable bonds is 6. The standard InChI is InChI=1S/C23H22Br2Cl2N2O2/c1-23-7-3-2-4-16(23)20(23)22(30)29-28-11-13-8-17(24)21(18(25)9-13)31-12-14-5-6-15(26)10-19(14)27/h5-6,8-11,16,20H,2-4,7,12H2,1H3,(H,29,30)/b28-11-/t16-,20+,23+/m1/s1. The van der Waals surface area contributed by atoms with Crippen molar-refractivity contribution in [3.8, 4) is 5.75 Å². The molecule has 0 bridgehead atoms. The van der Waals surface area contributed by atoms with Crippen LogP contribution in [0.15, 0.2) is 44.4 Å². The average Bonchev–Trinajstić information content (AvgIpc) is 3.34. The van der Waals surface area contributed by atoms with Gasteiger partial charge < -0.3 is 4.74 Å². The molecule has 0 unspecified atom stereocenters. The van der Waals surface area contributed by atoms with Gasteiger partial charge in [0.25, 0.3) is 0 Å². The number of hydrogen-bond donors (Lipinski definition) is 1. The zero-order valence-corrected chi connectivity index (χ0v) is 21.6. The first-order chi connectivity index (χ1) is 14.8. The van der Waals surface area contributed by atoms with Gasteiger partial charge in [-0.25, -0.2) is 5.43 Å². The fourth-order valence-electron chi connectivity index (χ4n) is 4.67. The zero-order valence-electron chi connectivity index (χ0n) is 16.9. The minimum Gasteiger partial charge on any atom is -0.486 e. The molecule has 4 nitrogen and oxygen atoms in total. The third-order valence-electron chi connectivity index (χ3n) is 6.41. The largest absolute Gasteiger partial charge is 0.486 e. The average molecular weight is 589 g/mol. The zero-order chi connectivity index (χ0) is 22.2. The molecule has 0 saturated heterocycles. The molecule has 4 rings (SSSR count). The molecule has 1 amide bonds. The van der Waals surface area contributed by atoms with Crippen molar-refractivity contribution in [1.82, 2.24) is 5.43 Å². The number of hydrazone groups is 1. The number of ether oxygens (including phenoxy) is 1. The molecule has 0 radical (unpaired) electrons. The topological polar surface area (TPSA) is 50.7 Å². The third-order valence-corrected chi connectivity index (χ3v) is 8.17. The van der Waals surface area contributed by atoms with E-state index in [-0.39, 0.29) is 17.2 Å².